The van der Waals surface area contributed by atoms with Crippen molar-refractivity contribution < 1.29 is 9.90 Å². The third-order valence-electron chi connectivity index (χ3n) is 1.87. The van der Waals surface area contributed by atoms with Gasteiger partial charge in [-0.1, -0.05) is 0 Å². The van der Waals surface area contributed by atoms with E-state index in [1.54, 1.807) is 17.9 Å². The van der Waals surface area contributed by atoms with Crippen LogP contribution in [0.3, 0.4) is 0 Å². The predicted molar refractivity (Wildman–Crippen MR) is 47.3 cm³/mol. The van der Waals surface area contributed by atoms with Gasteiger partial charge in [0.25, 0.3) is 0 Å². The highest BCUT2D eigenvalue weighted by molar-refractivity contribution is 5.73. The molecule has 13 heavy (non-hydrogen) atoms. The summed E-state index contributed by atoms with van der Waals surface area (Å²) in [5, 5.41) is 12.7. The number of hydrogen-bond acceptors (Lipinski definition) is 3. The van der Waals surface area contributed by atoms with Crippen molar-refractivity contribution in [2.24, 2.45) is 12.8 Å². The van der Waals surface area contributed by atoms with Crippen LogP contribution in [0.25, 0.3) is 0 Å². The molecule has 0 saturated heterocycles. The Balaban J connectivity index is 2.74. The molecule has 0 bridgehead atoms. The molecule has 1 aromatic rings. The van der Waals surface area contributed by atoms with E-state index >= 15 is 0 Å². The maximum atomic E-state index is 10.5. The van der Waals surface area contributed by atoms with Crippen LogP contribution >= 0.6 is 0 Å². The van der Waals surface area contributed by atoms with Crippen molar-refractivity contribution >= 4 is 5.97 Å². The van der Waals surface area contributed by atoms with E-state index < -0.39 is 12.0 Å². The zero-order chi connectivity index (χ0) is 10.0. The van der Waals surface area contributed by atoms with Gasteiger partial charge in [-0.15, -0.1) is 0 Å². The van der Waals surface area contributed by atoms with Crippen LogP contribution in [0, 0.1) is 6.92 Å². The molecule has 72 valence electrons. The molecule has 0 aliphatic heterocycles. The highest BCUT2D eigenvalue weighted by atomic mass is 16.4. The molecular weight excluding hydrogens is 170 g/mol. The van der Waals surface area contributed by atoms with Crippen molar-refractivity contribution in [2.45, 2.75) is 19.4 Å². The van der Waals surface area contributed by atoms with Gasteiger partial charge in [0.1, 0.15) is 6.04 Å². The third-order valence-corrected chi connectivity index (χ3v) is 1.87. The molecule has 0 radical (unpaired) electrons. The fraction of sp³-hybridized carbons (Fsp3) is 0.500. The van der Waals surface area contributed by atoms with Crippen LogP contribution in [0.5, 0.6) is 0 Å². The first-order valence-corrected chi connectivity index (χ1v) is 3.98. The smallest absolute Gasteiger partial charge is 0.320 e. The lowest BCUT2D eigenvalue weighted by Gasteiger charge is -2.03. The maximum absolute atomic E-state index is 10.5. The SMILES string of the molecule is Cc1nn(C)cc1CC(N)C(=O)O. The largest absolute Gasteiger partial charge is 0.480 e. The molecule has 0 amide bonds. The lowest BCUT2D eigenvalue weighted by molar-refractivity contribution is -0.138. The van der Waals surface area contributed by atoms with Crippen LogP contribution in [0.1, 0.15) is 11.3 Å². The second-order valence-corrected chi connectivity index (χ2v) is 3.06. The lowest BCUT2D eigenvalue weighted by Crippen LogP contribution is -2.32. The Labute approximate surface area is 76.2 Å². The fourth-order valence-electron chi connectivity index (χ4n) is 1.17. The van der Waals surface area contributed by atoms with Crippen LogP contribution in [0.4, 0.5) is 0 Å². The summed E-state index contributed by atoms with van der Waals surface area (Å²) in [6.07, 6.45) is 2.12. The first kappa shape index (κ1) is 9.73. The summed E-state index contributed by atoms with van der Waals surface area (Å²) in [5.74, 6) is -0.983. The zero-order valence-electron chi connectivity index (χ0n) is 7.69. The van der Waals surface area contributed by atoms with E-state index in [0.717, 1.165) is 11.3 Å². The van der Waals surface area contributed by atoms with Crippen LogP contribution in [0.2, 0.25) is 0 Å². The standard InChI is InChI=1S/C8H13N3O2/c1-5-6(4-11(2)10-5)3-7(9)8(12)13/h4,7H,3,9H2,1-2H3,(H,12,13). The zero-order valence-corrected chi connectivity index (χ0v) is 7.69. The van der Waals surface area contributed by atoms with E-state index in [1.165, 1.54) is 0 Å². The Morgan fingerprint density at radius 2 is 2.46 bits per heavy atom. The summed E-state index contributed by atoms with van der Waals surface area (Å²) in [6.45, 7) is 1.84. The van der Waals surface area contributed by atoms with E-state index in [1.807, 2.05) is 6.92 Å². The third kappa shape index (κ3) is 2.29. The van der Waals surface area contributed by atoms with Gasteiger partial charge in [-0.05, 0) is 12.5 Å². The molecule has 3 N–H and O–H groups in total. The van der Waals surface area contributed by atoms with E-state index in [0.29, 0.717) is 6.42 Å². The van der Waals surface area contributed by atoms with Crippen molar-refractivity contribution in [2.75, 3.05) is 0 Å². The summed E-state index contributed by atoms with van der Waals surface area (Å²) in [5.41, 5.74) is 7.11. The van der Waals surface area contributed by atoms with E-state index in [-0.39, 0.29) is 0 Å². The summed E-state index contributed by atoms with van der Waals surface area (Å²) < 4.78 is 1.65. The summed E-state index contributed by atoms with van der Waals surface area (Å²) >= 11 is 0. The summed E-state index contributed by atoms with van der Waals surface area (Å²) in [4.78, 5) is 10.5. The van der Waals surface area contributed by atoms with Gasteiger partial charge in [-0.3, -0.25) is 9.48 Å². The molecule has 0 aromatic carbocycles. The number of rotatable bonds is 3. The molecule has 0 aliphatic rings. The van der Waals surface area contributed by atoms with Crippen molar-refractivity contribution in [1.29, 1.82) is 0 Å². The van der Waals surface area contributed by atoms with Gasteiger partial charge in [0.15, 0.2) is 0 Å². The molecule has 1 heterocycles. The normalized spacial score (nSPS) is 12.8. The molecule has 0 saturated carbocycles. The number of aryl methyl sites for hydroxylation is 2. The number of hydrogen-bond donors (Lipinski definition) is 2. The molecule has 1 atom stereocenters. The highest BCUT2D eigenvalue weighted by Gasteiger charge is 2.14. The molecule has 1 aromatic heterocycles. The number of nitrogens with zero attached hydrogens (tertiary/aromatic N) is 2. The van der Waals surface area contributed by atoms with Crippen molar-refractivity contribution in [1.82, 2.24) is 9.78 Å². The van der Waals surface area contributed by atoms with Crippen molar-refractivity contribution in [3.8, 4) is 0 Å². The second kappa shape index (κ2) is 3.57. The minimum Gasteiger partial charge on any atom is -0.480 e. The van der Waals surface area contributed by atoms with Crippen molar-refractivity contribution in [3.05, 3.63) is 17.5 Å². The van der Waals surface area contributed by atoms with Crippen molar-refractivity contribution in [3.63, 3.8) is 0 Å². The first-order valence-electron chi connectivity index (χ1n) is 3.98. The topological polar surface area (TPSA) is 81.1 Å². The quantitative estimate of drug-likeness (QED) is 0.673. The van der Waals surface area contributed by atoms with Crippen LogP contribution in [0.15, 0.2) is 6.20 Å². The Kier molecular flexibility index (Phi) is 2.67. The number of nitrogens with two attached hydrogens (primary N) is 1. The molecule has 0 fully saturated rings. The van der Waals surface area contributed by atoms with E-state index in [4.69, 9.17) is 10.8 Å². The Bertz CT molecular complexity index is 319. The van der Waals surface area contributed by atoms with Gasteiger partial charge in [0.2, 0.25) is 0 Å². The Morgan fingerprint density at radius 1 is 1.85 bits per heavy atom. The number of aliphatic carboxylic acids is 1. The molecule has 0 spiro atoms. The monoisotopic (exact) mass is 183 g/mol. The molecule has 0 aliphatic carbocycles. The van der Waals surface area contributed by atoms with Gasteiger partial charge >= 0.3 is 5.97 Å². The second-order valence-electron chi connectivity index (χ2n) is 3.06. The Morgan fingerprint density at radius 3 is 2.85 bits per heavy atom. The molecule has 1 unspecified atom stereocenters. The average Bonchev–Trinajstić information content (AvgIpc) is 2.30. The molecule has 5 nitrogen and oxygen atoms in total. The van der Waals surface area contributed by atoms with Gasteiger partial charge in [-0.25, -0.2) is 0 Å². The highest BCUT2D eigenvalue weighted by Crippen LogP contribution is 2.06. The Hall–Kier alpha value is -1.36. The predicted octanol–water partition coefficient (Wildman–Crippen LogP) is -0.317. The number of carboxylic acids is 1. The number of carbonyl (C=O) groups is 1. The van der Waals surface area contributed by atoms with Gasteiger partial charge in [0.05, 0.1) is 5.69 Å². The summed E-state index contributed by atoms with van der Waals surface area (Å²) in [7, 11) is 1.79. The van der Waals surface area contributed by atoms with Crippen LogP contribution in [-0.2, 0) is 18.3 Å². The van der Waals surface area contributed by atoms with Gasteiger partial charge in [0, 0.05) is 19.7 Å². The van der Waals surface area contributed by atoms with Crippen LogP contribution < -0.4 is 5.73 Å². The molecule has 5 heteroatoms. The van der Waals surface area contributed by atoms with E-state index in [2.05, 4.69) is 5.10 Å². The van der Waals surface area contributed by atoms with Gasteiger partial charge < -0.3 is 10.8 Å². The van der Waals surface area contributed by atoms with Gasteiger partial charge in [-0.2, -0.15) is 5.10 Å². The molecular formula is C8H13N3O2. The maximum Gasteiger partial charge on any atom is 0.320 e. The summed E-state index contributed by atoms with van der Waals surface area (Å²) in [6, 6.07) is -0.845. The van der Waals surface area contributed by atoms with Crippen LogP contribution in [-0.4, -0.2) is 26.9 Å². The number of aromatic nitrogens is 2. The number of carboxylic acid groups (broad SMARTS) is 1. The average molecular weight is 183 g/mol. The first-order chi connectivity index (χ1) is 6.00. The minimum atomic E-state index is -0.983. The molecule has 1 rings (SSSR count). The lowest BCUT2D eigenvalue weighted by atomic mass is 10.1. The minimum absolute atomic E-state index is 0.328. The van der Waals surface area contributed by atoms with E-state index in [9.17, 15) is 4.79 Å². The fourth-order valence-corrected chi connectivity index (χ4v) is 1.17.